The van der Waals surface area contributed by atoms with Crippen molar-refractivity contribution in [2.24, 2.45) is 0 Å². The Morgan fingerprint density at radius 3 is 1.88 bits per heavy atom. The van der Waals surface area contributed by atoms with Crippen molar-refractivity contribution in [3.8, 4) is 5.69 Å². The van der Waals surface area contributed by atoms with Crippen LogP contribution in [0.25, 0.3) is 27.5 Å². The number of aromatic nitrogens is 1. The van der Waals surface area contributed by atoms with Gasteiger partial charge in [0.25, 0.3) is 0 Å². The molecule has 41 heavy (non-hydrogen) atoms. The van der Waals surface area contributed by atoms with Crippen molar-refractivity contribution in [3.05, 3.63) is 144 Å². The van der Waals surface area contributed by atoms with Crippen molar-refractivity contribution in [1.29, 1.82) is 0 Å². The lowest BCUT2D eigenvalue weighted by atomic mass is 9.62. The van der Waals surface area contributed by atoms with E-state index in [0.717, 1.165) is 5.46 Å². The third kappa shape index (κ3) is 3.23. The van der Waals surface area contributed by atoms with E-state index in [1.165, 1.54) is 49.7 Å². The minimum absolute atomic E-state index is 0.382. The molecule has 0 saturated carbocycles. The van der Waals surface area contributed by atoms with Crippen LogP contribution >= 0.6 is 0 Å². The van der Waals surface area contributed by atoms with Crippen LogP contribution in [0.2, 0.25) is 0 Å². The quantitative estimate of drug-likeness (QED) is 0.217. The van der Waals surface area contributed by atoms with Gasteiger partial charge in [-0.05, 0) is 67.5 Å². The Bertz CT molecular complexity index is 1940. The second kappa shape index (κ2) is 8.45. The molecule has 1 fully saturated rings. The van der Waals surface area contributed by atoms with Crippen molar-refractivity contribution in [2.75, 3.05) is 0 Å². The number of rotatable bonds is 3. The molecule has 0 N–H and O–H groups in total. The number of hydrogen-bond acceptors (Lipinski definition) is 2. The molecular weight excluding hydrogens is 501 g/mol. The summed E-state index contributed by atoms with van der Waals surface area (Å²) in [5.41, 5.74) is 8.53. The molecular formula is C37H32BNO2. The van der Waals surface area contributed by atoms with Crippen LogP contribution in [-0.4, -0.2) is 22.9 Å². The average Bonchev–Trinajstić information content (AvgIpc) is 3.44. The van der Waals surface area contributed by atoms with Gasteiger partial charge in [0.05, 0.1) is 33.3 Å². The lowest BCUT2D eigenvalue weighted by Crippen LogP contribution is -2.41. The minimum atomic E-state index is -0.504. The summed E-state index contributed by atoms with van der Waals surface area (Å²) in [6, 6.07) is 44.4. The summed E-state index contributed by atoms with van der Waals surface area (Å²) in [7, 11) is -0.397. The second-order valence-electron chi connectivity index (χ2n) is 12.4. The normalized spacial score (nSPS) is 20.4. The fourth-order valence-corrected chi connectivity index (χ4v) is 7.05. The summed E-state index contributed by atoms with van der Waals surface area (Å²) in [6.45, 7) is 8.41. The number of hydrogen-bond donors (Lipinski definition) is 0. The van der Waals surface area contributed by atoms with E-state index in [9.17, 15) is 0 Å². The molecule has 4 heteroatoms. The van der Waals surface area contributed by atoms with Gasteiger partial charge >= 0.3 is 7.12 Å². The Labute approximate surface area is 241 Å². The average molecular weight is 533 g/mol. The Kier molecular flexibility index (Phi) is 5.08. The summed E-state index contributed by atoms with van der Waals surface area (Å²) >= 11 is 0. The Morgan fingerprint density at radius 2 is 1.12 bits per heavy atom. The first kappa shape index (κ1) is 24.7. The summed E-state index contributed by atoms with van der Waals surface area (Å²) in [4.78, 5) is 0. The Balaban J connectivity index is 1.43. The number of fused-ring (bicyclic) bond motifs is 5. The predicted octanol–water partition coefficient (Wildman–Crippen LogP) is 7.78. The first-order valence-corrected chi connectivity index (χ1v) is 14.5. The number of para-hydroxylation sites is 3. The topological polar surface area (TPSA) is 23.4 Å². The van der Waals surface area contributed by atoms with Crippen LogP contribution in [0.3, 0.4) is 0 Å². The molecule has 1 saturated heterocycles. The molecule has 0 aliphatic carbocycles. The van der Waals surface area contributed by atoms with Gasteiger partial charge in [-0.2, -0.15) is 0 Å². The molecule has 200 valence electrons. The van der Waals surface area contributed by atoms with Crippen molar-refractivity contribution < 1.29 is 9.31 Å². The third-order valence-corrected chi connectivity index (χ3v) is 9.72. The van der Waals surface area contributed by atoms with E-state index in [0.29, 0.717) is 0 Å². The Hall–Kier alpha value is -4.12. The summed E-state index contributed by atoms with van der Waals surface area (Å²) in [5.74, 6) is 0. The molecule has 1 unspecified atom stereocenters. The fourth-order valence-electron chi connectivity index (χ4n) is 7.05. The highest BCUT2D eigenvalue weighted by Crippen LogP contribution is 2.54. The van der Waals surface area contributed by atoms with Gasteiger partial charge in [0, 0.05) is 10.8 Å². The van der Waals surface area contributed by atoms with Crippen LogP contribution in [0.15, 0.2) is 121 Å². The van der Waals surface area contributed by atoms with E-state index in [2.05, 4.69) is 154 Å². The smallest absolute Gasteiger partial charge is 0.399 e. The maximum Gasteiger partial charge on any atom is 0.494 e. The van der Waals surface area contributed by atoms with Crippen LogP contribution in [0, 0.1) is 0 Å². The van der Waals surface area contributed by atoms with Crippen LogP contribution in [0.4, 0.5) is 0 Å². The van der Waals surface area contributed by atoms with Crippen molar-refractivity contribution >= 4 is 34.4 Å². The van der Waals surface area contributed by atoms with Crippen LogP contribution < -0.4 is 5.46 Å². The van der Waals surface area contributed by atoms with Crippen molar-refractivity contribution in [1.82, 2.24) is 4.57 Å². The lowest BCUT2D eigenvalue weighted by molar-refractivity contribution is 0.00578. The second-order valence-corrected chi connectivity index (χ2v) is 12.4. The zero-order valence-corrected chi connectivity index (χ0v) is 23.9. The highest BCUT2D eigenvalue weighted by molar-refractivity contribution is 6.62. The minimum Gasteiger partial charge on any atom is -0.399 e. The van der Waals surface area contributed by atoms with E-state index in [1.807, 2.05) is 0 Å². The van der Waals surface area contributed by atoms with Crippen LogP contribution in [-0.2, 0) is 14.7 Å². The maximum atomic E-state index is 6.40. The van der Waals surface area contributed by atoms with Crippen molar-refractivity contribution in [2.45, 2.75) is 44.3 Å². The molecule has 3 heterocycles. The fraction of sp³-hybridized carbons (Fsp3) is 0.189. The van der Waals surface area contributed by atoms with Gasteiger partial charge < -0.3 is 13.9 Å². The van der Waals surface area contributed by atoms with E-state index in [1.54, 1.807) is 0 Å². The van der Waals surface area contributed by atoms with Gasteiger partial charge in [0.15, 0.2) is 0 Å². The lowest BCUT2D eigenvalue weighted by Gasteiger charge is -2.41. The molecule has 6 aromatic rings. The zero-order valence-electron chi connectivity index (χ0n) is 23.9. The largest absolute Gasteiger partial charge is 0.494 e. The zero-order chi connectivity index (χ0) is 28.0. The predicted molar refractivity (Wildman–Crippen MR) is 168 cm³/mol. The summed E-state index contributed by atoms with van der Waals surface area (Å²) < 4.78 is 15.3. The molecule has 0 amide bonds. The molecule has 0 bridgehead atoms. The maximum absolute atomic E-state index is 6.40. The molecule has 2 aliphatic heterocycles. The molecule has 8 rings (SSSR count). The third-order valence-electron chi connectivity index (χ3n) is 9.72. The van der Waals surface area contributed by atoms with Gasteiger partial charge in [0.1, 0.15) is 0 Å². The van der Waals surface area contributed by atoms with E-state index < -0.39 is 12.5 Å². The number of benzene rings is 5. The van der Waals surface area contributed by atoms with Gasteiger partial charge in [-0.15, -0.1) is 0 Å². The van der Waals surface area contributed by atoms with E-state index in [-0.39, 0.29) is 11.2 Å². The van der Waals surface area contributed by atoms with Gasteiger partial charge in [-0.25, -0.2) is 0 Å². The van der Waals surface area contributed by atoms with Gasteiger partial charge in [0.2, 0.25) is 0 Å². The standard InChI is InChI=1S/C37H32BNO2/c1-35(2)36(3,4)41-38(40-35)27-23-21-26(22-24-27)37(25-13-6-5-7-14-25)30-17-9-11-20-33(30)39-32-19-10-8-15-28(32)29-16-12-18-31(37)34(29)39/h5-24H,1-4H3. The van der Waals surface area contributed by atoms with Crippen molar-refractivity contribution in [3.63, 3.8) is 0 Å². The summed E-state index contributed by atoms with van der Waals surface area (Å²) in [6.07, 6.45) is 0. The van der Waals surface area contributed by atoms with Crippen LogP contribution in [0.5, 0.6) is 0 Å². The molecule has 5 aromatic carbocycles. The monoisotopic (exact) mass is 533 g/mol. The molecule has 1 aromatic heterocycles. The SMILES string of the molecule is CC1(C)OB(c2ccc(C3(c4ccccc4)c4ccccc4-n4c5ccccc5c5cccc3c54)cc2)OC1(C)C. The highest BCUT2D eigenvalue weighted by Gasteiger charge is 2.52. The highest BCUT2D eigenvalue weighted by atomic mass is 16.7. The molecule has 3 nitrogen and oxygen atoms in total. The van der Waals surface area contributed by atoms with Gasteiger partial charge in [-0.1, -0.05) is 109 Å². The molecule has 2 aliphatic rings. The summed E-state index contributed by atoms with van der Waals surface area (Å²) in [5, 5.41) is 2.56. The first-order valence-electron chi connectivity index (χ1n) is 14.5. The van der Waals surface area contributed by atoms with E-state index >= 15 is 0 Å². The van der Waals surface area contributed by atoms with E-state index in [4.69, 9.17) is 9.31 Å². The van der Waals surface area contributed by atoms with Gasteiger partial charge in [-0.3, -0.25) is 0 Å². The number of nitrogens with zero attached hydrogens (tertiary/aromatic N) is 1. The molecule has 0 spiro atoms. The molecule has 1 atom stereocenters. The first-order chi connectivity index (χ1) is 19.8. The Morgan fingerprint density at radius 1 is 0.537 bits per heavy atom. The van der Waals surface area contributed by atoms with Crippen LogP contribution in [0.1, 0.15) is 49.9 Å². The molecule has 0 radical (unpaired) electrons.